The molecule has 1 aliphatic rings. The maximum Gasteiger partial charge on any atom is 0.0313 e. The van der Waals surface area contributed by atoms with E-state index < -0.39 is 0 Å². The Morgan fingerprint density at radius 2 is 2.21 bits per heavy atom. The van der Waals surface area contributed by atoms with Crippen LogP contribution in [-0.2, 0) is 6.54 Å². The minimum atomic E-state index is 0.259. The third-order valence-corrected chi connectivity index (χ3v) is 4.54. The van der Waals surface area contributed by atoms with Crippen LogP contribution in [0.15, 0.2) is 18.5 Å². The SMILES string of the molecule is CCC1CN(Cc2cncc(C)c2)C(C)(CC)CN1. The lowest BCUT2D eigenvalue weighted by molar-refractivity contribution is 0.0407. The van der Waals surface area contributed by atoms with E-state index in [1.165, 1.54) is 24.0 Å². The molecule has 2 heterocycles. The highest BCUT2D eigenvalue weighted by atomic mass is 15.3. The normalized spacial score (nSPS) is 28.5. The van der Waals surface area contributed by atoms with Crippen molar-refractivity contribution in [3.8, 4) is 0 Å². The summed E-state index contributed by atoms with van der Waals surface area (Å²) >= 11 is 0. The number of nitrogens with zero attached hydrogens (tertiary/aromatic N) is 2. The van der Waals surface area contributed by atoms with Gasteiger partial charge in [0.05, 0.1) is 0 Å². The zero-order valence-corrected chi connectivity index (χ0v) is 12.7. The van der Waals surface area contributed by atoms with Crippen LogP contribution >= 0.6 is 0 Å². The number of nitrogens with one attached hydrogen (secondary N) is 1. The van der Waals surface area contributed by atoms with Gasteiger partial charge >= 0.3 is 0 Å². The first-order chi connectivity index (χ1) is 9.07. The van der Waals surface area contributed by atoms with Crippen molar-refractivity contribution in [3.05, 3.63) is 29.6 Å². The second-order valence-electron chi connectivity index (χ2n) is 6.09. The van der Waals surface area contributed by atoms with E-state index in [4.69, 9.17) is 0 Å². The Morgan fingerprint density at radius 1 is 1.42 bits per heavy atom. The van der Waals surface area contributed by atoms with Crippen LogP contribution in [0.4, 0.5) is 0 Å². The van der Waals surface area contributed by atoms with Crippen LogP contribution in [0.1, 0.15) is 44.7 Å². The fourth-order valence-electron chi connectivity index (χ4n) is 2.83. The molecule has 3 nitrogen and oxygen atoms in total. The molecule has 19 heavy (non-hydrogen) atoms. The molecule has 1 aliphatic heterocycles. The third-order valence-electron chi connectivity index (χ3n) is 4.54. The summed E-state index contributed by atoms with van der Waals surface area (Å²) in [6, 6.07) is 2.88. The number of rotatable bonds is 4. The summed E-state index contributed by atoms with van der Waals surface area (Å²) in [6.45, 7) is 12.3. The Bertz CT molecular complexity index is 418. The summed E-state index contributed by atoms with van der Waals surface area (Å²) in [7, 11) is 0. The third kappa shape index (κ3) is 3.34. The summed E-state index contributed by atoms with van der Waals surface area (Å²) in [5, 5.41) is 3.68. The van der Waals surface area contributed by atoms with E-state index in [0.29, 0.717) is 6.04 Å². The molecule has 2 unspecified atom stereocenters. The van der Waals surface area contributed by atoms with Gasteiger partial charge in [-0.25, -0.2) is 0 Å². The van der Waals surface area contributed by atoms with Crippen molar-refractivity contribution < 1.29 is 0 Å². The van der Waals surface area contributed by atoms with E-state index in [2.05, 4.69) is 49.0 Å². The summed E-state index contributed by atoms with van der Waals surface area (Å²) in [4.78, 5) is 6.95. The predicted molar refractivity (Wildman–Crippen MR) is 80.2 cm³/mol. The molecule has 1 aromatic heterocycles. The first-order valence-corrected chi connectivity index (χ1v) is 7.46. The van der Waals surface area contributed by atoms with E-state index in [0.717, 1.165) is 19.6 Å². The number of aryl methyl sites for hydroxylation is 1. The van der Waals surface area contributed by atoms with Crippen molar-refractivity contribution in [2.24, 2.45) is 0 Å². The standard InChI is InChI=1S/C16H27N3/c1-5-15-11-19(16(4,6-2)12-18-15)10-14-7-13(3)8-17-9-14/h7-9,15,18H,5-6,10-12H2,1-4H3. The molecule has 0 spiro atoms. The van der Waals surface area contributed by atoms with Crippen LogP contribution in [0.2, 0.25) is 0 Å². The highest BCUT2D eigenvalue weighted by molar-refractivity contribution is 5.17. The van der Waals surface area contributed by atoms with E-state index in [-0.39, 0.29) is 5.54 Å². The summed E-state index contributed by atoms with van der Waals surface area (Å²) in [5.74, 6) is 0. The lowest BCUT2D eigenvalue weighted by atomic mass is 9.91. The van der Waals surface area contributed by atoms with Crippen LogP contribution in [-0.4, -0.2) is 34.6 Å². The van der Waals surface area contributed by atoms with Crippen molar-refractivity contribution >= 4 is 0 Å². The van der Waals surface area contributed by atoms with Crippen LogP contribution in [0, 0.1) is 6.92 Å². The lowest BCUT2D eigenvalue weighted by Crippen LogP contribution is -2.62. The number of hydrogen-bond donors (Lipinski definition) is 1. The van der Waals surface area contributed by atoms with E-state index in [1.54, 1.807) is 0 Å². The zero-order valence-electron chi connectivity index (χ0n) is 12.7. The van der Waals surface area contributed by atoms with Gasteiger partial charge in [-0.1, -0.05) is 19.9 Å². The number of piperazine rings is 1. The van der Waals surface area contributed by atoms with Gasteiger partial charge in [-0.3, -0.25) is 9.88 Å². The Kier molecular flexibility index (Phi) is 4.58. The summed E-state index contributed by atoms with van der Waals surface area (Å²) < 4.78 is 0. The average Bonchev–Trinajstić information content (AvgIpc) is 2.41. The molecule has 2 rings (SSSR count). The topological polar surface area (TPSA) is 28.2 Å². The van der Waals surface area contributed by atoms with Crippen molar-refractivity contribution in [3.63, 3.8) is 0 Å². The fraction of sp³-hybridized carbons (Fsp3) is 0.688. The highest BCUT2D eigenvalue weighted by Gasteiger charge is 2.35. The second kappa shape index (κ2) is 6.02. The highest BCUT2D eigenvalue weighted by Crippen LogP contribution is 2.25. The average molecular weight is 261 g/mol. The molecule has 1 saturated heterocycles. The van der Waals surface area contributed by atoms with Crippen LogP contribution in [0.25, 0.3) is 0 Å². The first kappa shape index (κ1) is 14.5. The minimum absolute atomic E-state index is 0.259. The smallest absolute Gasteiger partial charge is 0.0313 e. The minimum Gasteiger partial charge on any atom is -0.311 e. The second-order valence-corrected chi connectivity index (χ2v) is 6.09. The van der Waals surface area contributed by atoms with E-state index in [1.807, 2.05) is 12.4 Å². The van der Waals surface area contributed by atoms with Gasteiger partial charge in [0.25, 0.3) is 0 Å². The number of aromatic nitrogens is 1. The van der Waals surface area contributed by atoms with Gasteiger partial charge < -0.3 is 5.32 Å². The van der Waals surface area contributed by atoms with Gasteiger partial charge in [0, 0.05) is 43.6 Å². The summed E-state index contributed by atoms with van der Waals surface area (Å²) in [5.41, 5.74) is 2.84. The molecule has 0 bridgehead atoms. The monoisotopic (exact) mass is 261 g/mol. The molecule has 0 saturated carbocycles. The van der Waals surface area contributed by atoms with Crippen LogP contribution in [0.5, 0.6) is 0 Å². The molecule has 0 aliphatic carbocycles. The van der Waals surface area contributed by atoms with Crippen LogP contribution in [0.3, 0.4) is 0 Å². The molecule has 106 valence electrons. The number of hydrogen-bond acceptors (Lipinski definition) is 3. The molecule has 1 fully saturated rings. The molecular weight excluding hydrogens is 234 g/mol. The van der Waals surface area contributed by atoms with Crippen molar-refractivity contribution in [1.29, 1.82) is 0 Å². The largest absolute Gasteiger partial charge is 0.311 e. The Morgan fingerprint density at radius 3 is 2.84 bits per heavy atom. The summed E-state index contributed by atoms with van der Waals surface area (Å²) in [6.07, 6.45) is 6.30. The van der Waals surface area contributed by atoms with Gasteiger partial charge in [-0.2, -0.15) is 0 Å². The van der Waals surface area contributed by atoms with Gasteiger partial charge in [-0.15, -0.1) is 0 Å². The molecule has 2 atom stereocenters. The Balaban J connectivity index is 2.14. The van der Waals surface area contributed by atoms with Gasteiger partial charge in [0.15, 0.2) is 0 Å². The molecule has 1 N–H and O–H groups in total. The van der Waals surface area contributed by atoms with Crippen molar-refractivity contribution in [2.75, 3.05) is 13.1 Å². The fourth-order valence-corrected chi connectivity index (χ4v) is 2.83. The van der Waals surface area contributed by atoms with Gasteiger partial charge in [0.1, 0.15) is 0 Å². The quantitative estimate of drug-likeness (QED) is 0.903. The van der Waals surface area contributed by atoms with E-state index in [9.17, 15) is 0 Å². The molecule has 0 radical (unpaired) electrons. The predicted octanol–water partition coefficient (Wildman–Crippen LogP) is 2.74. The molecular formula is C16H27N3. The first-order valence-electron chi connectivity index (χ1n) is 7.46. The maximum atomic E-state index is 4.32. The van der Waals surface area contributed by atoms with E-state index >= 15 is 0 Å². The zero-order chi connectivity index (χ0) is 13.9. The van der Waals surface area contributed by atoms with Crippen molar-refractivity contribution in [2.45, 2.75) is 58.7 Å². The van der Waals surface area contributed by atoms with Crippen molar-refractivity contribution in [1.82, 2.24) is 15.2 Å². The molecule has 1 aromatic rings. The van der Waals surface area contributed by atoms with Crippen LogP contribution < -0.4 is 5.32 Å². The molecule has 0 amide bonds. The maximum absolute atomic E-state index is 4.32. The molecule has 3 heteroatoms. The lowest BCUT2D eigenvalue weighted by Gasteiger charge is -2.48. The number of pyridine rings is 1. The Hall–Kier alpha value is -0.930. The Labute approximate surface area is 117 Å². The van der Waals surface area contributed by atoms with Gasteiger partial charge in [-0.05, 0) is 37.8 Å². The van der Waals surface area contributed by atoms with Gasteiger partial charge in [0.2, 0.25) is 0 Å². The molecule has 0 aromatic carbocycles.